The molecule has 1 heterocycles. The van der Waals surface area contributed by atoms with Crippen LogP contribution in [0.5, 0.6) is 0 Å². The van der Waals surface area contributed by atoms with Crippen molar-refractivity contribution < 1.29 is 9.72 Å². The van der Waals surface area contributed by atoms with Gasteiger partial charge in [-0.25, -0.2) is 4.98 Å². The van der Waals surface area contributed by atoms with E-state index in [2.05, 4.69) is 10.3 Å². The third-order valence-corrected chi connectivity index (χ3v) is 4.42. The van der Waals surface area contributed by atoms with Crippen molar-refractivity contribution in [1.29, 1.82) is 0 Å². The summed E-state index contributed by atoms with van der Waals surface area (Å²) in [7, 11) is 0. The molecule has 3 aromatic rings. The third kappa shape index (κ3) is 4.27. The number of nitro groups is 1. The summed E-state index contributed by atoms with van der Waals surface area (Å²) >= 11 is 1.39. The fraction of sp³-hybridized carbons (Fsp3) is 0.111. The molecule has 0 spiro atoms. The van der Waals surface area contributed by atoms with E-state index in [0.717, 1.165) is 16.8 Å². The number of aryl methyl sites for hydroxylation is 1. The number of carbonyl (C=O) groups is 1. The van der Waals surface area contributed by atoms with E-state index >= 15 is 0 Å². The van der Waals surface area contributed by atoms with E-state index in [9.17, 15) is 14.9 Å². The Hall–Kier alpha value is -3.06. The lowest BCUT2D eigenvalue weighted by atomic mass is 10.1. The fourth-order valence-electron chi connectivity index (χ4n) is 2.26. The molecule has 3 rings (SSSR count). The molecule has 0 unspecified atom stereocenters. The van der Waals surface area contributed by atoms with Crippen LogP contribution in [0.15, 0.2) is 53.9 Å². The largest absolute Gasteiger partial charge is 0.326 e. The van der Waals surface area contributed by atoms with Crippen molar-refractivity contribution in [2.45, 2.75) is 13.3 Å². The van der Waals surface area contributed by atoms with E-state index in [4.69, 9.17) is 0 Å². The first-order valence-corrected chi connectivity index (χ1v) is 8.45. The van der Waals surface area contributed by atoms with E-state index in [0.29, 0.717) is 10.7 Å². The first-order chi connectivity index (χ1) is 12.0. The number of nitro benzene ring substituents is 1. The number of anilines is 1. The molecule has 0 aliphatic carbocycles. The van der Waals surface area contributed by atoms with Crippen molar-refractivity contribution in [3.8, 4) is 11.3 Å². The maximum Gasteiger partial charge on any atom is 0.269 e. The lowest BCUT2D eigenvalue weighted by molar-refractivity contribution is -0.384. The quantitative estimate of drug-likeness (QED) is 0.550. The summed E-state index contributed by atoms with van der Waals surface area (Å²) in [6.45, 7) is 1.99. The van der Waals surface area contributed by atoms with Gasteiger partial charge in [0.1, 0.15) is 5.01 Å². The number of hydrogen-bond acceptors (Lipinski definition) is 5. The zero-order valence-electron chi connectivity index (χ0n) is 13.4. The smallest absolute Gasteiger partial charge is 0.269 e. The number of non-ortho nitro benzene ring substituents is 1. The lowest BCUT2D eigenvalue weighted by Gasteiger charge is -2.04. The zero-order chi connectivity index (χ0) is 17.8. The van der Waals surface area contributed by atoms with Gasteiger partial charge in [-0.05, 0) is 31.2 Å². The van der Waals surface area contributed by atoms with Crippen LogP contribution in [0.1, 0.15) is 10.6 Å². The highest BCUT2D eigenvalue weighted by molar-refractivity contribution is 7.10. The predicted molar refractivity (Wildman–Crippen MR) is 97.7 cm³/mol. The van der Waals surface area contributed by atoms with Gasteiger partial charge in [0.25, 0.3) is 5.69 Å². The molecule has 1 aromatic heterocycles. The molecule has 0 atom stereocenters. The van der Waals surface area contributed by atoms with Crippen LogP contribution in [0, 0.1) is 17.0 Å². The summed E-state index contributed by atoms with van der Waals surface area (Å²) in [5.74, 6) is -0.131. The highest BCUT2D eigenvalue weighted by atomic mass is 32.1. The molecule has 0 saturated heterocycles. The third-order valence-electron chi connectivity index (χ3n) is 3.57. The number of nitrogens with zero attached hydrogens (tertiary/aromatic N) is 2. The molecule has 7 heteroatoms. The van der Waals surface area contributed by atoms with E-state index in [1.807, 2.05) is 36.6 Å². The minimum atomic E-state index is -0.439. The maximum atomic E-state index is 12.1. The number of aromatic nitrogens is 1. The summed E-state index contributed by atoms with van der Waals surface area (Å²) in [5, 5.41) is 16.1. The van der Waals surface area contributed by atoms with Gasteiger partial charge >= 0.3 is 0 Å². The van der Waals surface area contributed by atoms with Gasteiger partial charge in [0, 0.05) is 28.8 Å². The predicted octanol–water partition coefficient (Wildman–Crippen LogP) is 4.21. The van der Waals surface area contributed by atoms with Crippen molar-refractivity contribution in [2.75, 3.05) is 5.32 Å². The van der Waals surface area contributed by atoms with E-state index in [1.165, 1.54) is 23.5 Å². The first kappa shape index (κ1) is 16.8. The summed E-state index contributed by atoms with van der Waals surface area (Å²) in [5.41, 5.74) is 3.41. The van der Waals surface area contributed by atoms with Crippen molar-refractivity contribution in [1.82, 2.24) is 4.98 Å². The number of amides is 1. The normalized spacial score (nSPS) is 10.4. The second-order valence-electron chi connectivity index (χ2n) is 5.52. The van der Waals surface area contributed by atoms with Gasteiger partial charge in [-0.2, -0.15) is 0 Å². The van der Waals surface area contributed by atoms with Crippen molar-refractivity contribution in [3.05, 3.63) is 74.6 Å². The summed E-state index contributed by atoms with van der Waals surface area (Å²) in [4.78, 5) is 26.8. The maximum absolute atomic E-state index is 12.1. The van der Waals surface area contributed by atoms with E-state index < -0.39 is 4.92 Å². The second kappa shape index (κ2) is 7.23. The summed E-state index contributed by atoms with van der Waals surface area (Å²) in [6, 6.07) is 13.8. The molecule has 1 N–H and O–H groups in total. The Labute approximate surface area is 148 Å². The fourth-order valence-corrected chi connectivity index (χ4v) is 3.06. The Bertz CT molecular complexity index is 902. The summed E-state index contributed by atoms with van der Waals surface area (Å²) < 4.78 is 0. The van der Waals surface area contributed by atoms with Gasteiger partial charge in [0.05, 0.1) is 17.0 Å². The highest BCUT2D eigenvalue weighted by Crippen LogP contribution is 2.24. The van der Waals surface area contributed by atoms with Crippen LogP contribution in [0.4, 0.5) is 11.4 Å². The van der Waals surface area contributed by atoms with Gasteiger partial charge < -0.3 is 5.32 Å². The van der Waals surface area contributed by atoms with E-state index in [1.54, 1.807) is 12.1 Å². The van der Waals surface area contributed by atoms with Gasteiger partial charge in [0.15, 0.2) is 0 Å². The SMILES string of the molecule is Cc1ccc(NC(=O)Cc2nc(-c3ccc([N+](=O)[O-])cc3)cs2)cc1. The van der Waals surface area contributed by atoms with Crippen molar-refractivity contribution in [3.63, 3.8) is 0 Å². The molecule has 0 fully saturated rings. The molecule has 0 aliphatic heterocycles. The minimum Gasteiger partial charge on any atom is -0.326 e. The minimum absolute atomic E-state index is 0.0386. The van der Waals surface area contributed by atoms with Crippen LogP contribution < -0.4 is 5.32 Å². The van der Waals surface area contributed by atoms with Crippen LogP contribution in [0.2, 0.25) is 0 Å². The molecule has 0 bridgehead atoms. The standard InChI is InChI=1S/C18H15N3O3S/c1-12-2-6-14(7-3-12)19-17(22)10-18-20-16(11-25-18)13-4-8-15(9-5-13)21(23)24/h2-9,11H,10H2,1H3,(H,19,22). The van der Waals surface area contributed by atoms with Gasteiger partial charge in [-0.3, -0.25) is 14.9 Å². The Morgan fingerprint density at radius 3 is 2.48 bits per heavy atom. The van der Waals surface area contributed by atoms with Crippen LogP contribution in [0.25, 0.3) is 11.3 Å². The van der Waals surface area contributed by atoms with Gasteiger partial charge in [-0.15, -0.1) is 11.3 Å². The number of benzene rings is 2. The van der Waals surface area contributed by atoms with Crippen LogP contribution in [-0.2, 0) is 11.2 Å². The average molecular weight is 353 g/mol. The Morgan fingerprint density at radius 2 is 1.84 bits per heavy atom. The number of carbonyl (C=O) groups excluding carboxylic acids is 1. The van der Waals surface area contributed by atoms with Gasteiger partial charge in [0.2, 0.25) is 5.91 Å². The van der Waals surface area contributed by atoms with Crippen molar-refractivity contribution >= 4 is 28.6 Å². The highest BCUT2D eigenvalue weighted by Gasteiger charge is 2.11. The topological polar surface area (TPSA) is 85.1 Å². The molecule has 0 radical (unpaired) electrons. The number of hydrogen-bond donors (Lipinski definition) is 1. The average Bonchev–Trinajstić information content (AvgIpc) is 3.05. The summed E-state index contributed by atoms with van der Waals surface area (Å²) in [6.07, 6.45) is 0.186. The molecule has 0 saturated carbocycles. The van der Waals surface area contributed by atoms with Crippen LogP contribution in [-0.4, -0.2) is 15.8 Å². The Morgan fingerprint density at radius 1 is 1.16 bits per heavy atom. The molecule has 0 aliphatic rings. The van der Waals surface area contributed by atoms with Crippen LogP contribution >= 0.6 is 11.3 Å². The van der Waals surface area contributed by atoms with E-state index in [-0.39, 0.29) is 18.0 Å². The Balaban J connectivity index is 1.65. The molecule has 2 aromatic carbocycles. The molecule has 126 valence electrons. The van der Waals surface area contributed by atoms with Crippen molar-refractivity contribution in [2.24, 2.45) is 0 Å². The second-order valence-corrected chi connectivity index (χ2v) is 6.46. The Kier molecular flexibility index (Phi) is 4.85. The number of nitrogens with one attached hydrogen (secondary N) is 1. The molecular formula is C18H15N3O3S. The lowest BCUT2D eigenvalue weighted by Crippen LogP contribution is -2.14. The zero-order valence-corrected chi connectivity index (χ0v) is 14.2. The molecule has 1 amide bonds. The molecule has 6 nitrogen and oxygen atoms in total. The monoisotopic (exact) mass is 353 g/mol. The van der Waals surface area contributed by atoms with Crippen LogP contribution in [0.3, 0.4) is 0 Å². The first-order valence-electron chi connectivity index (χ1n) is 7.57. The molecular weight excluding hydrogens is 338 g/mol. The van der Waals surface area contributed by atoms with Gasteiger partial charge in [-0.1, -0.05) is 17.7 Å². The number of rotatable bonds is 5. The molecule has 25 heavy (non-hydrogen) atoms. The number of thiazole rings is 1.